The summed E-state index contributed by atoms with van der Waals surface area (Å²) in [5.74, 6) is -1.54. The van der Waals surface area contributed by atoms with Crippen molar-refractivity contribution in [2.24, 2.45) is 11.8 Å². The van der Waals surface area contributed by atoms with Gasteiger partial charge < -0.3 is 44.5 Å². The van der Waals surface area contributed by atoms with Gasteiger partial charge in [0.25, 0.3) is 0 Å². The standard InChI is InChI=1S/C17H26O10/c1-7(19)27-17(2)5-9(20)8-3-4-24-15(11(8)17)26-16-14(23)13(22)12(21)10(6-18)25-16/h3-4,8-16,18,20-23H,5-6H2,1-2H3/t8-,9+,10+,11+,12+,13-,14+,15-,16-,17-/m0/s1. The Morgan fingerprint density at radius 1 is 1.19 bits per heavy atom. The Bertz CT molecular complexity index is 580. The Labute approximate surface area is 155 Å². The molecule has 10 heteroatoms. The van der Waals surface area contributed by atoms with Crippen LogP contribution in [0, 0.1) is 11.8 Å². The lowest BCUT2D eigenvalue weighted by Crippen LogP contribution is -2.60. The quantitative estimate of drug-likeness (QED) is 0.340. The summed E-state index contributed by atoms with van der Waals surface area (Å²) in [5.41, 5.74) is -1.08. The molecule has 3 rings (SSSR count). The molecule has 0 aromatic heterocycles. The topological polar surface area (TPSA) is 155 Å². The number of aliphatic hydroxyl groups excluding tert-OH is 5. The van der Waals surface area contributed by atoms with Crippen LogP contribution < -0.4 is 0 Å². The van der Waals surface area contributed by atoms with E-state index in [4.69, 9.17) is 18.9 Å². The predicted molar refractivity (Wildman–Crippen MR) is 86.6 cm³/mol. The van der Waals surface area contributed by atoms with E-state index < -0.39 is 73.1 Å². The molecule has 2 fully saturated rings. The Balaban J connectivity index is 1.81. The van der Waals surface area contributed by atoms with Crippen LogP contribution in [0.4, 0.5) is 0 Å². The smallest absolute Gasteiger partial charge is 0.303 e. The highest BCUT2D eigenvalue weighted by molar-refractivity contribution is 5.66. The van der Waals surface area contributed by atoms with Gasteiger partial charge in [-0.05, 0) is 13.0 Å². The number of hydrogen-bond acceptors (Lipinski definition) is 10. The van der Waals surface area contributed by atoms with Crippen molar-refractivity contribution in [1.82, 2.24) is 0 Å². The maximum absolute atomic E-state index is 11.5. The van der Waals surface area contributed by atoms with E-state index in [9.17, 15) is 30.3 Å². The van der Waals surface area contributed by atoms with Crippen molar-refractivity contribution in [2.75, 3.05) is 6.61 Å². The predicted octanol–water partition coefficient (Wildman–Crippen LogP) is -2.01. The number of fused-ring (bicyclic) bond motifs is 1. The first kappa shape index (κ1) is 20.5. The van der Waals surface area contributed by atoms with Crippen LogP contribution in [0.1, 0.15) is 20.3 Å². The van der Waals surface area contributed by atoms with Gasteiger partial charge >= 0.3 is 5.97 Å². The molecule has 1 aliphatic carbocycles. The number of ether oxygens (including phenoxy) is 4. The highest BCUT2D eigenvalue weighted by Gasteiger charge is 2.58. The van der Waals surface area contributed by atoms with Crippen LogP contribution in [0.15, 0.2) is 12.3 Å². The summed E-state index contributed by atoms with van der Waals surface area (Å²) in [6.07, 6.45) is -5.92. The lowest BCUT2D eigenvalue weighted by Gasteiger charge is -2.44. The van der Waals surface area contributed by atoms with Crippen molar-refractivity contribution in [1.29, 1.82) is 0 Å². The molecule has 2 heterocycles. The van der Waals surface area contributed by atoms with Gasteiger partial charge in [0.2, 0.25) is 6.29 Å². The molecular weight excluding hydrogens is 364 g/mol. The zero-order valence-electron chi connectivity index (χ0n) is 15.0. The van der Waals surface area contributed by atoms with Crippen molar-refractivity contribution < 1.29 is 49.3 Å². The van der Waals surface area contributed by atoms with Gasteiger partial charge in [0.05, 0.1) is 24.9 Å². The molecule has 0 aromatic rings. The average Bonchev–Trinajstić information content (AvgIpc) is 2.86. The fourth-order valence-electron chi connectivity index (χ4n) is 4.22. The molecule has 0 aromatic carbocycles. The number of esters is 1. The SMILES string of the molecule is CC(=O)O[C@@]1(C)C[C@@H](O)[C@@H]2C=CO[C@@H](O[C@@H]3O[C@H](CO)[C@@H](O)[C@H](O)[C@H]3O)[C@@H]21. The molecule has 0 spiro atoms. The maximum atomic E-state index is 11.5. The van der Waals surface area contributed by atoms with Gasteiger partial charge in [0, 0.05) is 19.3 Å². The zero-order chi connectivity index (χ0) is 19.9. The molecule has 0 radical (unpaired) electrons. The number of carbonyl (C=O) groups excluding carboxylic acids is 1. The fraction of sp³-hybridized carbons (Fsp3) is 0.824. The van der Waals surface area contributed by atoms with E-state index in [1.807, 2.05) is 0 Å². The van der Waals surface area contributed by atoms with Gasteiger partial charge in [0.1, 0.15) is 30.0 Å². The van der Waals surface area contributed by atoms with Crippen LogP contribution in [0.3, 0.4) is 0 Å². The molecular formula is C17H26O10. The average molecular weight is 390 g/mol. The summed E-state index contributed by atoms with van der Waals surface area (Å²) >= 11 is 0. The highest BCUT2D eigenvalue weighted by Crippen LogP contribution is 2.48. The normalized spacial score (nSPS) is 49.4. The summed E-state index contributed by atoms with van der Waals surface area (Å²) < 4.78 is 22.0. The van der Waals surface area contributed by atoms with E-state index >= 15 is 0 Å². The Morgan fingerprint density at radius 2 is 1.89 bits per heavy atom. The van der Waals surface area contributed by atoms with E-state index in [1.54, 1.807) is 13.0 Å². The van der Waals surface area contributed by atoms with Crippen LogP contribution in [0.5, 0.6) is 0 Å². The third kappa shape index (κ3) is 3.70. The van der Waals surface area contributed by atoms with Crippen LogP contribution in [0.2, 0.25) is 0 Å². The van der Waals surface area contributed by atoms with Crippen LogP contribution >= 0.6 is 0 Å². The molecule has 10 atom stereocenters. The Kier molecular flexibility index (Phi) is 5.78. The molecule has 154 valence electrons. The molecule has 0 bridgehead atoms. The third-order valence-electron chi connectivity index (χ3n) is 5.48. The summed E-state index contributed by atoms with van der Waals surface area (Å²) in [5, 5.41) is 49.6. The van der Waals surface area contributed by atoms with E-state index in [2.05, 4.69) is 0 Å². The number of aliphatic hydroxyl groups is 5. The van der Waals surface area contributed by atoms with Crippen molar-refractivity contribution in [3.63, 3.8) is 0 Å². The lowest BCUT2D eigenvalue weighted by molar-refractivity contribution is -0.346. The van der Waals surface area contributed by atoms with Crippen LogP contribution in [-0.4, -0.2) is 86.8 Å². The second-order valence-corrected chi connectivity index (χ2v) is 7.45. The number of rotatable bonds is 4. The van der Waals surface area contributed by atoms with Crippen molar-refractivity contribution >= 4 is 5.97 Å². The first-order chi connectivity index (χ1) is 12.7. The first-order valence-corrected chi connectivity index (χ1v) is 8.83. The molecule has 27 heavy (non-hydrogen) atoms. The second-order valence-electron chi connectivity index (χ2n) is 7.45. The Morgan fingerprint density at radius 3 is 2.52 bits per heavy atom. The van der Waals surface area contributed by atoms with Crippen LogP contribution in [-0.2, 0) is 23.7 Å². The first-order valence-electron chi connectivity index (χ1n) is 8.83. The number of carbonyl (C=O) groups is 1. The molecule has 1 saturated heterocycles. The molecule has 2 aliphatic heterocycles. The summed E-state index contributed by atoms with van der Waals surface area (Å²) in [6.45, 7) is 2.33. The van der Waals surface area contributed by atoms with Gasteiger partial charge in [-0.3, -0.25) is 4.79 Å². The lowest BCUT2D eigenvalue weighted by atomic mass is 9.84. The minimum atomic E-state index is -1.60. The van der Waals surface area contributed by atoms with Gasteiger partial charge in [0.15, 0.2) is 6.29 Å². The van der Waals surface area contributed by atoms with Gasteiger partial charge in [-0.1, -0.05) is 0 Å². The molecule has 5 N–H and O–H groups in total. The van der Waals surface area contributed by atoms with E-state index in [1.165, 1.54) is 13.2 Å². The number of hydrogen-bond donors (Lipinski definition) is 5. The minimum Gasteiger partial charge on any atom is -0.472 e. The van der Waals surface area contributed by atoms with Gasteiger partial charge in [-0.25, -0.2) is 0 Å². The summed E-state index contributed by atoms with van der Waals surface area (Å²) in [6, 6.07) is 0. The second kappa shape index (κ2) is 7.63. The zero-order valence-corrected chi connectivity index (χ0v) is 15.0. The fourth-order valence-corrected chi connectivity index (χ4v) is 4.22. The van der Waals surface area contributed by atoms with E-state index in [0.29, 0.717) is 0 Å². The largest absolute Gasteiger partial charge is 0.472 e. The minimum absolute atomic E-state index is 0.171. The summed E-state index contributed by atoms with van der Waals surface area (Å²) in [7, 11) is 0. The monoisotopic (exact) mass is 390 g/mol. The molecule has 3 aliphatic rings. The van der Waals surface area contributed by atoms with Crippen molar-refractivity contribution in [3.05, 3.63) is 12.3 Å². The van der Waals surface area contributed by atoms with Crippen molar-refractivity contribution in [3.8, 4) is 0 Å². The van der Waals surface area contributed by atoms with E-state index in [0.717, 1.165) is 0 Å². The van der Waals surface area contributed by atoms with Crippen LogP contribution in [0.25, 0.3) is 0 Å². The highest BCUT2D eigenvalue weighted by atomic mass is 16.8. The Hall–Kier alpha value is -1.27. The molecule has 0 amide bonds. The van der Waals surface area contributed by atoms with Gasteiger partial charge in [-0.2, -0.15) is 0 Å². The summed E-state index contributed by atoms with van der Waals surface area (Å²) in [4.78, 5) is 11.5. The third-order valence-corrected chi connectivity index (χ3v) is 5.48. The van der Waals surface area contributed by atoms with E-state index in [-0.39, 0.29) is 6.42 Å². The maximum Gasteiger partial charge on any atom is 0.303 e. The molecule has 1 saturated carbocycles. The molecule has 10 nitrogen and oxygen atoms in total. The van der Waals surface area contributed by atoms with Crippen molar-refractivity contribution in [2.45, 2.75) is 69.0 Å². The van der Waals surface area contributed by atoms with Gasteiger partial charge in [-0.15, -0.1) is 0 Å². The molecule has 0 unspecified atom stereocenters.